The number of piperidine rings is 1. The van der Waals surface area contributed by atoms with Gasteiger partial charge < -0.3 is 5.32 Å². The topological polar surface area (TPSA) is 86.8 Å². The van der Waals surface area contributed by atoms with Crippen LogP contribution in [0, 0.1) is 5.92 Å². The Morgan fingerprint density at radius 1 is 1.08 bits per heavy atom. The number of rotatable bonds is 7. The highest BCUT2D eigenvalue weighted by molar-refractivity contribution is 7.92. The minimum atomic E-state index is -3.85. The molecule has 1 N–H and O–H groups in total. The van der Waals surface area contributed by atoms with E-state index in [1.807, 2.05) is 6.92 Å². The summed E-state index contributed by atoms with van der Waals surface area (Å²) in [5.74, 6) is 0.451. The van der Waals surface area contributed by atoms with Crippen molar-refractivity contribution in [2.24, 2.45) is 5.92 Å². The molecule has 150 valence electrons. The summed E-state index contributed by atoms with van der Waals surface area (Å²) in [5, 5.41) is 3.29. The molecule has 1 aromatic rings. The third kappa shape index (κ3) is 4.96. The van der Waals surface area contributed by atoms with E-state index >= 15 is 0 Å². The van der Waals surface area contributed by atoms with Gasteiger partial charge in [-0.25, -0.2) is 21.1 Å². The molecule has 0 atom stereocenters. The Balaban J connectivity index is 0.00000338. The van der Waals surface area contributed by atoms with E-state index in [9.17, 15) is 16.8 Å². The summed E-state index contributed by atoms with van der Waals surface area (Å²) in [6.45, 7) is 4.65. The van der Waals surface area contributed by atoms with Crippen molar-refractivity contribution in [3.63, 3.8) is 0 Å². The van der Waals surface area contributed by atoms with Crippen molar-refractivity contribution in [1.82, 2.24) is 13.9 Å². The van der Waals surface area contributed by atoms with E-state index in [0.29, 0.717) is 19.0 Å². The van der Waals surface area contributed by atoms with Crippen molar-refractivity contribution in [2.45, 2.75) is 29.6 Å². The van der Waals surface area contributed by atoms with E-state index < -0.39 is 20.0 Å². The van der Waals surface area contributed by atoms with Crippen LogP contribution in [0.25, 0.3) is 0 Å². The second kappa shape index (κ2) is 9.48. The molecule has 1 heterocycles. The zero-order valence-corrected chi connectivity index (χ0v) is 17.8. The van der Waals surface area contributed by atoms with Crippen LogP contribution in [0.15, 0.2) is 34.1 Å². The number of nitrogens with one attached hydrogen (secondary N) is 1. The molecule has 2 rings (SSSR count). The fourth-order valence-electron chi connectivity index (χ4n) is 2.91. The molecule has 1 aromatic carbocycles. The van der Waals surface area contributed by atoms with Gasteiger partial charge in [-0.15, -0.1) is 12.4 Å². The van der Waals surface area contributed by atoms with Crippen LogP contribution in [-0.4, -0.2) is 65.7 Å². The molecule has 10 heteroatoms. The third-order valence-electron chi connectivity index (χ3n) is 4.48. The highest BCUT2D eigenvalue weighted by atomic mass is 35.5. The van der Waals surface area contributed by atoms with E-state index in [1.165, 1.54) is 36.6 Å². The Labute approximate surface area is 163 Å². The van der Waals surface area contributed by atoms with E-state index in [4.69, 9.17) is 0 Å². The third-order valence-corrected chi connectivity index (χ3v) is 8.44. The predicted octanol–water partition coefficient (Wildman–Crippen LogP) is 1.37. The monoisotopic (exact) mass is 425 g/mol. The number of nitrogens with zero attached hydrogens (tertiary/aromatic N) is 2. The Kier molecular flexibility index (Phi) is 8.50. The van der Waals surface area contributed by atoms with Gasteiger partial charge in [0.15, 0.2) is 0 Å². The minimum Gasteiger partial charge on any atom is -0.317 e. The molecule has 0 spiro atoms. The largest absolute Gasteiger partial charge is 0.317 e. The van der Waals surface area contributed by atoms with Gasteiger partial charge in [-0.05, 0) is 44.0 Å². The first-order valence-electron chi connectivity index (χ1n) is 8.43. The lowest BCUT2D eigenvalue weighted by molar-refractivity contribution is 0.268. The maximum atomic E-state index is 13.0. The van der Waals surface area contributed by atoms with E-state index in [-0.39, 0.29) is 22.2 Å². The van der Waals surface area contributed by atoms with Gasteiger partial charge in [0.25, 0.3) is 0 Å². The van der Waals surface area contributed by atoms with E-state index in [1.54, 1.807) is 6.07 Å². The van der Waals surface area contributed by atoms with Gasteiger partial charge in [-0.2, -0.15) is 4.31 Å². The van der Waals surface area contributed by atoms with E-state index in [0.717, 1.165) is 30.2 Å². The molecule has 0 bridgehead atoms. The summed E-state index contributed by atoms with van der Waals surface area (Å²) in [6.07, 6.45) is 1.55. The van der Waals surface area contributed by atoms with Gasteiger partial charge in [0.2, 0.25) is 20.0 Å². The summed E-state index contributed by atoms with van der Waals surface area (Å²) in [4.78, 5) is -0.316. The average Bonchev–Trinajstić information content (AvgIpc) is 2.60. The van der Waals surface area contributed by atoms with Crippen molar-refractivity contribution in [1.29, 1.82) is 0 Å². The lowest BCUT2D eigenvalue weighted by Gasteiger charge is -2.31. The number of hydrogen-bond acceptors (Lipinski definition) is 5. The summed E-state index contributed by atoms with van der Waals surface area (Å²) in [6, 6.07) is 5.81. The lowest BCUT2D eigenvalue weighted by atomic mass is 9.98. The molecular formula is C16H28ClN3O4S2. The smallest absolute Gasteiger partial charge is 0.244 e. The first kappa shape index (κ1) is 23.3. The van der Waals surface area contributed by atoms with Gasteiger partial charge in [0.1, 0.15) is 9.79 Å². The summed E-state index contributed by atoms with van der Waals surface area (Å²) in [7, 11) is -4.89. The highest BCUT2D eigenvalue weighted by Gasteiger charge is 2.34. The molecular weight excluding hydrogens is 398 g/mol. The molecule has 7 nitrogen and oxygen atoms in total. The molecule has 0 radical (unpaired) electrons. The molecule has 0 aliphatic carbocycles. The Morgan fingerprint density at radius 3 is 2.12 bits per heavy atom. The summed E-state index contributed by atoms with van der Waals surface area (Å²) < 4.78 is 53.5. The van der Waals surface area contributed by atoms with Crippen LogP contribution in [0.4, 0.5) is 0 Å². The second-order valence-corrected chi connectivity index (χ2v) is 10.4. The zero-order valence-electron chi connectivity index (χ0n) is 15.4. The first-order chi connectivity index (χ1) is 11.7. The molecule has 1 saturated heterocycles. The quantitative estimate of drug-likeness (QED) is 0.712. The van der Waals surface area contributed by atoms with Crippen LogP contribution < -0.4 is 5.32 Å². The second-order valence-electron chi connectivity index (χ2n) is 6.39. The first-order valence-corrected chi connectivity index (χ1v) is 11.3. The van der Waals surface area contributed by atoms with Crippen LogP contribution in [-0.2, 0) is 20.0 Å². The number of halogens is 1. The SMILES string of the molecule is CCNCC1CCN(S(=O)(=O)c2ccccc2S(=O)(=O)N(C)C)CC1.Cl. The molecule has 1 aliphatic heterocycles. The lowest BCUT2D eigenvalue weighted by Crippen LogP contribution is -2.41. The zero-order chi connectivity index (χ0) is 18.7. The highest BCUT2D eigenvalue weighted by Crippen LogP contribution is 2.28. The molecule has 0 amide bonds. The Morgan fingerprint density at radius 2 is 1.62 bits per heavy atom. The van der Waals surface area contributed by atoms with Crippen LogP contribution >= 0.6 is 12.4 Å². The minimum absolute atomic E-state index is 0. The molecule has 0 saturated carbocycles. The molecule has 0 aromatic heterocycles. The van der Waals surface area contributed by atoms with E-state index in [2.05, 4.69) is 5.32 Å². The van der Waals surface area contributed by atoms with Crippen molar-refractivity contribution >= 4 is 32.5 Å². The average molecular weight is 426 g/mol. The maximum absolute atomic E-state index is 13.0. The van der Waals surface area contributed by atoms with Crippen LogP contribution in [0.2, 0.25) is 0 Å². The Bertz CT molecular complexity index is 789. The summed E-state index contributed by atoms with van der Waals surface area (Å²) in [5.41, 5.74) is 0. The fourth-order valence-corrected chi connectivity index (χ4v) is 6.05. The normalized spacial score (nSPS) is 17.2. The number of sulfonamides is 2. The fraction of sp³-hybridized carbons (Fsp3) is 0.625. The van der Waals surface area contributed by atoms with Crippen molar-refractivity contribution in [3.8, 4) is 0 Å². The van der Waals surface area contributed by atoms with Crippen molar-refractivity contribution in [2.75, 3.05) is 40.3 Å². The number of benzene rings is 1. The molecule has 26 heavy (non-hydrogen) atoms. The van der Waals surface area contributed by atoms with Gasteiger partial charge in [0.05, 0.1) is 0 Å². The van der Waals surface area contributed by atoms with Crippen LogP contribution in [0.1, 0.15) is 19.8 Å². The standard InChI is InChI=1S/C16H27N3O4S2.ClH/c1-4-17-13-14-9-11-19(12-10-14)25(22,23)16-8-6-5-7-15(16)24(20,21)18(2)3;/h5-8,14,17H,4,9-13H2,1-3H3;1H. The predicted molar refractivity (Wildman–Crippen MR) is 105 cm³/mol. The molecule has 0 unspecified atom stereocenters. The Hall–Kier alpha value is -0.710. The molecule has 1 fully saturated rings. The van der Waals surface area contributed by atoms with Gasteiger partial charge in [-0.1, -0.05) is 19.1 Å². The van der Waals surface area contributed by atoms with Crippen LogP contribution in [0.5, 0.6) is 0 Å². The van der Waals surface area contributed by atoms with Crippen molar-refractivity contribution in [3.05, 3.63) is 24.3 Å². The van der Waals surface area contributed by atoms with Gasteiger partial charge in [0, 0.05) is 27.2 Å². The van der Waals surface area contributed by atoms with Gasteiger partial charge >= 0.3 is 0 Å². The maximum Gasteiger partial charge on any atom is 0.244 e. The molecule has 1 aliphatic rings. The number of hydrogen-bond donors (Lipinski definition) is 1. The van der Waals surface area contributed by atoms with Crippen molar-refractivity contribution < 1.29 is 16.8 Å². The summed E-state index contributed by atoms with van der Waals surface area (Å²) >= 11 is 0. The van der Waals surface area contributed by atoms with Crippen LogP contribution in [0.3, 0.4) is 0 Å². The van der Waals surface area contributed by atoms with Gasteiger partial charge in [-0.3, -0.25) is 0 Å².